The lowest BCUT2D eigenvalue weighted by Gasteiger charge is -2.09. The maximum Gasteiger partial charge on any atom is 0.337 e. The molecule has 1 fully saturated rings. The van der Waals surface area contributed by atoms with Crippen molar-refractivity contribution in [2.24, 2.45) is 5.92 Å². The zero-order valence-electron chi connectivity index (χ0n) is 12.3. The van der Waals surface area contributed by atoms with Crippen LogP contribution in [0.2, 0.25) is 5.02 Å². The molecule has 0 bridgehead atoms. The van der Waals surface area contributed by atoms with Crippen LogP contribution in [0.25, 0.3) is 0 Å². The Morgan fingerprint density at radius 1 is 0.957 bits per heavy atom. The Morgan fingerprint density at radius 2 is 1.65 bits per heavy atom. The van der Waals surface area contributed by atoms with Crippen LogP contribution in [-0.2, 0) is 4.79 Å². The minimum absolute atomic E-state index is 0.0896. The molecule has 3 N–H and O–H groups in total. The molecule has 6 heteroatoms. The number of hydrogen-bond donors (Lipinski definition) is 3. The van der Waals surface area contributed by atoms with Gasteiger partial charge in [0.05, 0.1) is 0 Å². The molecule has 0 aromatic heterocycles. The van der Waals surface area contributed by atoms with Gasteiger partial charge in [-0.15, -0.1) is 0 Å². The summed E-state index contributed by atoms with van der Waals surface area (Å²) in [4.78, 5) is 23.7. The van der Waals surface area contributed by atoms with E-state index in [2.05, 4.69) is 16.2 Å². The second kappa shape index (κ2) is 6.71. The van der Waals surface area contributed by atoms with Crippen LogP contribution >= 0.6 is 11.6 Å². The van der Waals surface area contributed by atoms with Crippen LogP contribution in [-0.4, -0.2) is 11.9 Å². The van der Waals surface area contributed by atoms with E-state index in [1.165, 1.54) is 0 Å². The molecule has 0 saturated heterocycles. The van der Waals surface area contributed by atoms with Gasteiger partial charge in [-0.2, -0.15) is 0 Å². The summed E-state index contributed by atoms with van der Waals surface area (Å²) in [6.45, 7) is 0. The predicted molar refractivity (Wildman–Crippen MR) is 89.0 cm³/mol. The fourth-order valence-corrected chi connectivity index (χ4v) is 2.59. The number of hydrogen-bond acceptors (Lipinski definition) is 2. The molecule has 23 heavy (non-hydrogen) atoms. The van der Waals surface area contributed by atoms with Gasteiger partial charge in [0.15, 0.2) is 0 Å². The molecule has 5 nitrogen and oxygen atoms in total. The molecule has 2 aromatic rings. The van der Waals surface area contributed by atoms with Crippen molar-refractivity contribution in [3.63, 3.8) is 0 Å². The molecule has 2 atom stereocenters. The first kappa shape index (κ1) is 15.4. The largest absolute Gasteiger partial charge is 0.337 e. The van der Waals surface area contributed by atoms with E-state index in [1.54, 1.807) is 24.3 Å². The Hall–Kier alpha value is -2.53. The van der Waals surface area contributed by atoms with Crippen molar-refractivity contribution in [2.45, 2.75) is 12.3 Å². The van der Waals surface area contributed by atoms with Gasteiger partial charge in [0.25, 0.3) is 0 Å². The molecule has 3 amide bonds. The molecule has 3 rings (SSSR count). The van der Waals surface area contributed by atoms with Crippen LogP contribution in [0.15, 0.2) is 54.6 Å². The fourth-order valence-electron chi connectivity index (χ4n) is 2.46. The Bertz CT molecular complexity index is 704. The molecular formula is C17H16ClN3O2. The van der Waals surface area contributed by atoms with E-state index < -0.39 is 6.03 Å². The van der Waals surface area contributed by atoms with Gasteiger partial charge in [-0.3, -0.25) is 10.2 Å². The van der Waals surface area contributed by atoms with E-state index in [-0.39, 0.29) is 17.7 Å². The number of anilines is 1. The first-order chi connectivity index (χ1) is 11.1. The van der Waals surface area contributed by atoms with E-state index in [0.717, 1.165) is 12.0 Å². The molecule has 118 valence electrons. The van der Waals surface area contributed by atoms with Crippen LogP contribution < -0.4 is 16.2 Å². The van der Waals surface area contributed by atoms with Crippen molar-refractivity contribution >= 4 is 29.2 Å². The average molecular weight is 330 g/mol. The van der Waals surface area contributed by atoms with Crippen LogP contribution in [0.3, 0.4) is 0 Å². The third-order valence-electron chi connectivity index (χ3n) is 3.76. The van der Waals surface area contributed by atoms with E-state index in [1.807, 2.05) is 30.3 Å². The molecular weight excluding hydrogens is 314 g/mol. The summed E-state index contributed by atoms with van der Waals surface area (Å²) >= 11 is 5.77. The Kier molecular flexibility index (Phi) is 4.48. The first-order valence-corrected chi connectivity index (χ1v) is 7.68. The van der Waals surface area contributed by atoms with Gasteiger partial charge in [-0.05, 0) is 42.2 Å². The number of benzene rings is 2. The van der Waals surface area contributed by atoms with Gasteiger partial charge in [-0.1, -0.05) is 41.9 Å². The molecule has 0 unspecified atom stereocenters. The SMILES string of the molecule is O=C(NNC(=O)[C@H]1C[C@H]1c1ccccc1)Nc1ccc(Cl)cc1. The van der Waals surface area contributed by atoms with Crippen molar-refractivity contribution in [3.8, 4) is 0 Å². The zero-order valence-corrected chi connectivity index (χ0v) is 13.0. The smallest absolute Gasteiger partial charge is 0.307 e. The lowest BCUT2D eigenvalue weighted by atomic mass is 10.1. The zero-order chi connectivity index (χ0) is 16.2. The highest BCUT2D eigenvalue weighted by atomic mass is 35.5. The summed E-state index contributed by atoms with van der Waals surface area (Å²) in [6, 6.07) is 16.1. The highest BCUT2D eigenvalue weighted by molar-refractivity contribution is 6.30. The van der Waals surface area contributed by atoms with Gasteiger partial charge in [0.1, 0.15) is 0 Å². The Morgan fingerprint density at radius 3 is 2.35 bits per heavy atom. The van der Waals surface area contributed by atoms with Gasteiger partial charge in [0, 0.05) is 16.6 Å². The number of amides is 3. The second-order valence-corrected chi connectivity index (χ2v) is 5.87. The van der Waals surface area contributed by atoms with Crippen LogP contribution in [0, 0.1) is 5.92 Å². The molecule has 2 aromatic carbocycles. The summed E-state index contributed by atoms with van der Waals surface area (Å²) in [7, 11) is 0. The maximum atomic E-state index is 12.0. The van der Waals surface area contributed by atoms with Crippen molar-refractivity contribution in [2.75, 3.05) is 5.32 Å². The van der Waals surface area contributed by atoms with Gasteiger partial charge >= 0.3 is 6.03 Å². The van der Waals surface area contributed by atoms with Gasteiger partial charge in [-0.25, -0.2) is 10.2 Å². The molecule has 1 aliphatic rings. The molecule has 0 spiro atoms. The minimum Gasteiger partial charge on any atom is -0.307 e. The van der Waals surface area contributed by atoms with Crippen molar-refractivity contribution in [3.05, 3.63) is 65.2 Å². The third-order valence-corrected chi connectivity index (χ3v) is 4.01. The lowest BCUT2D eigenvalue weighted by molar-refractivity contribution is -0.123. The van der Waals surface area contributed by atoms with E-state index in [9.17, 15) is 9.59 Å². The highest BCUT2D eigenvalue weighted by Crippen LogP contribution is 2.47. The molecule has 1 aliphatic carbocycles. The molecule has 0 heterocycles. The quantitative estimate of drug-likeness (QED) is 0.756. The minimum atomic E-state index is -0.502. The van der Waals surface area contributed by atoms with E-state index >= 15 is 0 Å². The third kappa shape index (κ3) is 4.02. The number of hydrazine groups is 1. The number of rotatable bonds is 3. The monoisotopic (exact) mass is 329 g/mol. The Balaban J connectivity index is 1.44. The average Bonchev–Trinajstić information content (AvgIpc) is 3.36. The maximum absolute atomic E-state index is 12.0. The van der Waals surface area contributed by atoms with Crippen LogP contribution in [0.4, 0.5) is 10.5 Å². The topological polar surface area (TPSA) is 70.2 Å². The molecule has 0 radical (unpaired) electrons. The predicted octanol–water partition coefficient (Wildman–Crippen LogP) is 3.30. The van der Waals surface area contributed by atoms with Gasteiger partial charge in [0.2, 0.25) is 5.91 Å². The summed E-state index contributed by atoms with van der Waals surface area (Å²) in [5.41, 5.74) is 6.55. The van der Waals surface area contributed by atoms with E-state index in [0.29, 0.717) is 10.7 Å². The number of urea groups is 1. The Labute approximate surface area is 139 Å². The standard InChI is InChI=1S/C17H16ClN3O2/c18-12-6-8-13(9-7-12)19-17(23)21-20-16(22)15-10-14(15)11-4-2-1-3-5-11/h1-9,14-15H,10H2,(H,20,22)(H2,19,21,23)/t14-,15-/m0/s1. The number of halogens is 1. The number of carbonyl (C=O) groups is 2. The molecule has 0 aliphatic heterocycles. The first-order valence-electron chi connectivity index (χ1n) is 7.31. The second-order valence-electron chi connectivity index (χ2n) is 5.43. The summed E-state index contributed by atoms with van der Waals surface area (Å²) in [5, 5.41) is 3.19. The van der Waals surface area contributed by atoms with Crippen molar-refractivity contribution in [1.29, 1.82) is 0 Å². The summed E-state index contributed by atoms with van der Waals surface area (Å²) in [5.74, 6) is -0.0318. The van der Waals surface area contributed by atoms with Crippen LogP contribution in [0.1, 0.15) is 17.9 Å². The molecule has 1 saturated carbocycles. The number of carbonyl (C=O) groups excluding carboxylic acids is 2. The highest BCUT2D eigenvalue weighted by Gasteiger charge is 2.43. The summed E-state index contributed by atoms with van der Waals surface area (Å²) < 4.78 is 0. The van der Waals surface area contributed by atoms with E-state index in [4.69, 9.17) is 11.6 Å². The van der Waals surface area contributed by atoms with Crippen molar-refractivity contribution < 1.29 is 9.59 Å². The fraction of sp³-hybridized carbons (Fsp3) is 0.176. The van der Waals surface area contributed by atoms with Crippen LogP contribution in [0.5, 0.6) is 0 Å². The van der Waals surface area contributed by atoms with Gasteiger partial charge < -0.3 is 5.32 Å². The lowest BCUT2D eigenvalue weighted by Crippen LogP contribution is -2.44. The summed E-state index contributed by atoms with van der Waals surface area (Å²) in [6.07, 6.45) is 0.802. The number of nitrogens with one attached hydrogen (secondary N) is 3. The normalized spacial score (nSPS) is 18.8. The van der Waals surface area contributed by atoms with Crippen molar-refractivity contribution in [1.82, 2.24) is 10.9 Å².